The van der Waals surface area contributed by atoms with Crippen LogP contribution >= 0.6 is 0 Å². The summed E-state index contributed by atoms with van der Waals surface area (Å²) in [6, 6.07) is 4.21. The molecule has 0 aromatic carbocycles. The van der Waals surface area contributed by atoms with E-state index in [1.807, 2.05) is 30.1 Å². The Morgan fingerprint density at radius 1 is 1.25 bits per heavy atom. The second-order valence-electron chi connectivity index (χ2n) is 10.0. The lowest BCUT2D eigenvalue weighted by atomic mass is 9.79. The van der Waals surface area contributed by atoms with Crippen LogP contribution in [0, 0.1) is 5.92 Å². The first-order valence-corrected chi connectivity index (χ1v) is 12.9. The van der Waals surface area contributed by atoms with Crippen molar-refractivity contribution in [2.24, 2.45) is 10.9 Å². The predicted octanol–water partition coefficient (Wildman–Crippen LogP) is 1.74. The number of methoxy groups -OCH3 is 1. The molecular formula is C26H34N6O4. The smallest absolute Gasteiger partial charge is 0.410 e. The van der Waals surface area contributed by atoms with Crippen LogP contribution in [-0.2, 0) is 14.2 Å². The number of hydrogen-bond acceptors (Lipinski definition) is 8. The molecule has 4 aliphatic rings. The number of aromatic nitrogens is 2. The van der Waals surface area contributed by atoms with Crippen LogP contribution in [0.3, 0.4) is 0 Å². The number of piperazine rings is 1. The van der Waals surface area contributed by atoms with E-state index in [2.05, 4.69) is 33.5 Å². The van der Waals surface area contributed by atoms with Crippen LogP contribution in [0.15, 0.2) is 41.7 Å². The summed E-state index contributed by atoms with van der Waals surface area (Å²) in [4.78, 5) is 21.4. The molecule has 2 aromatic rings. The van der Waals surface area contributed by atoms with Gasteiger partial charge in [-0.05, 0) is 37.6 Å². The summed E-state index contributed by atoms with van der Waals surface area (Å²) >= 11 is 0. The number of nitrogens with one attached hydrogen (secondary N) is 1. The van der Waals surface area contributed by atoms with E-state index in [1.54, 1.807) is 4.90 Å². The number of carbonyl (C=O) groups is 1. The van der Waals surface area contributed by atoms with Crippen LogP contribution in [0.2, 0.25) is 0 Å². The van der Waals surface area contributed by atoms with Crippen LogP contribution in [0.25, 0.3) is 5.52 Å². The molecule has 1 N–H and O–H groups in total. The van der Waals surface area contributed by atoms with Gasteiger partial charge < -0.3 is 29.3 Å². The Balaban J connectivity index is 1.14. The van der Waals surface area contributed by atoms with Gasteiger partial charge in [0.2, 0.25) is 0 Å². The highest BCUT2D eigenvalue weighted by molar-refractivity contribution is 6.10. The molecule has 1 unspecified atom stereocenters. The molecular weight excluding hydrogens is 460 g/mol. The lowest BCUT2D eigenvalue weighted by Gasteiger charge is -2.41. The first-order valence-electron chi connectivity index (χ1n) is 12.9. The highest BCUT2D eigenvalue weighted by atomic mass is 16.6. The molecule has 36 heavy (non-hydrogen) atoms. The van der Waals surface area contributed by atoms with Gasteiger partial charge in [0.15, 0.2) is 6.10 Å². The number of aliphatic imine (C=N–C) groups is 1. The third kappa shape index (κ3) is 4.38. The Hall–Kier alpha value is -2.95. The number of anilines is 1. The van der Waals surface area contributed by atoms with Gasteiger partial charge in [0.25, 0.3) is 0 Å². The minimum absolute atomic E-state index is 0.0964. The maximum Gasteiger partial charge on any atom is 0.410 e. The second kappa shape index (κ2) is 9.84. The average molecular weight is 495 g/mol. The fraction of sp³-hybridized carbons (Fsp3) is 0.577. The van der Waals surface area contributed by atoms with Crippen molar-refractivity contribution in [3.63, 3.8) is 0 Å². The Morgan fingerprint density at radius 3 is 2.78 bits per heavy atom. The van der Waals surface area contributed by atoms with E-state index >= 15 is 0 Å². The minimum Gasteiger partial charge on any atom is -0.441 e. The van der Waals surface area contributed by atoms with Crippen molar-refractivity contribution in [2.45, 2.75) is 24.5 Å². The Morgan fingerprint density at radius 2 is 2.11 bits per heavy atom. The Labute approximate surface area is 210 Å². The number of carbonyl (C=O) groups excluding carboxylic acids is 1. The van der Waals surface area contributed by atoms with Gasteiger partial charge in [-0.1, -0.05) is 6.08 Å². The van der Waals surface area contributed by atoms with E-state index in [1.165, 1.54) is 0 Å². The van der Waals surface area contributed by atoms with Gasteiger partial charge in [0.1, 0.15) is 0 Å². The molecule has 10 nitrogen and oxygen atoms in total. The summed E-state index contributed by atoms with van der Waals surface area (Å²) in [5.41, 5.74) is 4.01. The first kappa shape index (κ1) is 23.4. The van der Waals surface area contributed by atoms with Crippen LogP contribution in [0.5, 0.6) is 0 Å². The van der Waals surface area contributed by atoms with Crippen molar-refractivity contribution in [3.05, 3.63) is 42.2 Å². The summed E-state index contributed by atoms with van der Waals surface area (Å²) in [5.74, 6) is 0.268. The van der Waals surface area contributed by atoms with Crippen molar-refractivity contribution >= 4 is 23.0 Å². The number of piperidine rings is 1. The molecule has 1 amide bonds. The number of hydrogen-bond donors (Lipinski definition) is 1. The molecule has 10 heteroatoms. The highest BCUT2D eigenvalue weighted by Gasteiger charge is 2.39. The van der Waals surface area contributed by atoms with Gasteiger partial charge in [-0.2, -0.15) is 5.10 Å². The fourth-order valence-electron chi connectivity index (χ4n) is 5.63. The Bertz CT molecular complexity index is 1160. The maximum absolute atomic E-state index is 12.4. The fourth-order valence-corrected chi connectivity index (χ4v) is 5.63. The molecule has 2 aromatic heterocycles. The largest absolute Gasteiger partial charge is 0.441 e. The first-order chi connectivity index (χ1) is 17.6. The van der Waals surface area contributed by atoms with E-state index < -0.39 is 0 Å². The molecule has 192 valence electrons. The molecule has 2 atom stereocenters. The number of nitrogens with zero attached hydrogens (tertiary/aromatic N) is 5. The molecule has 0 bridgehead atoms. The van der Waals surface area contributed by atoms with Gasteiger partial charge in [-0.3, -0.25) is 4.99 Å². The number of allylic oxidation sites excluding steroid dienone is 1. The third-order valence-electron chi connectivity index (χ3n) is 7.94. The van der Waals surface area contributed by atoms with Crippen LogP contribution in [0.1, 0.15) is 18.4 Å². The molecule has 3 fully saturated rings. The number of amides is 1. The number of ether oxygens (including phenoxy) is 3. The standard InChI is InChI=1S/C26H34N6O4/c1-34-26(6-2-7-27-18-26)20-3-4-22(28-14-20)19-13-24-23(5-8-29-32(24)15-19)30-9-11-31(12-10-30)25(33)36-21-16-35-17-21/h3-5,8,13,15,20-21,27H,2,6-7,9-12,14,16-18H2,1H3/t20?,26-/m0/s1. The molecule has 6 rings (SSSR count). The maximum atomic E-state index is 12.4. The van der Waals surface area contributed by atoms with Gasteiger partial charge >= 0.3 is 6.09 Å². The number of dihydropyridines is 1. The molecule has 6 heterocycles. The number of rotatable bonds is 5. The summed E-state index contributed by atoms with van der Waals surface area (Å²) in [6.07, 6.45) is 10.1. The zero-order valence-corrected chi connectivity index (χ0v) is 20.8. The second-order valence-corrected chi connectivity index (χ2v) is 10.0. The van der Waals surface area contributed by atoms with E-state index in [0.717, 1.165) is 68.0 Å². The van der Waals surface area contributed by atoms with Crippen molar-refractivity contribution < 1.29 is 19.0 Å². The van der Waals surface area contributed by atoms with Gasteiger partial charge in [-0.15, -0.1) is 0 Å². The normalized spacial score (nSPS) is 27.1. The van der Waals surface area contributed by atoms with Gasteiger partial charge in [-0.25, -0.2) is 9.31 Å². The van der Waals surface area contributed by atoms with Crippen molar-refractivity contribution in [1.29, 1.82) is 0 Å². The molecule has 0 spiro atoms. The summed E-state index contributed by atoms with van der Waals surface area (Å²) in [6.45, 7) is 6.39. The summed E-state index contributed by atoms with van der Waals surface area (Å²) < 4.78 is 18.5. The monoisotopic (exact) mass is 494 g/mol. The minimum atomic E-state index is -0.243. The van der Waals surface area contributed by atoms with Crippen molar-refractivity contribution in [2.75, 3.05) is 71.0 Å². The predicted molar refractivity (Wildman–Crippen MR) is 136 cm³/mol. The molecule has 4 aliphatic heterocycles. The zero-order valence-electron chi connectivity index (χ0n) is 20.8. The van der Waals surface area contributed by atoms with Crippen molar-refractivity contribution in [1.82, 2.24) is 19.8 Å². The average Bonchev–Trinajstić information content (AvgIpc) is 3.36. The van der Waals surface area contributed by atoms with E-state index in [0.29, 0.717) is 26.3 Å². The van der Waals surface area contributed by atoms with Crippen LogP contribution in [0.4, 0.5) is 10.5 Å². The summed E-state index contributed by atoms with van der Waals surface area (Å²) in [5, 5.41) is 8.03. The quantitative estimate of drug-likeness (QED) is 0.677. The molecule has 0 saturated carbocycles. The highest BCUT2D eigenvalue weighted by Crippen LogP contribution is 2.33. The molecule has 3 saturated heterocycles. The third-order valence-corrected chi connectivity index (χ3v) is 7.94. The molecule has 0 aliphatic carbocycles. The zero-order chi connectivity index (χ0) is 24.5. The summed E-state index contributed by atoms with van der Waals surface area (Å²) in [7, 11) is 1.82. The lowest BCUT2D eigenvalue weighted by molar-refractivity contribution is -0.104. The molecule has 0 radical (unpaired) electrons. The van der Waals surface area contributed by atoms with Gasteiger partial charge in [0.05, 0.1) is 35.7 Å². The van der Waals surface area contributed by atoms with E-state index in [9.17, 15) is 4.79 Å². The van der Waals surface area contributed by atoms with Crippen molar-refractivity contribution in [3.8, 4) is 0 Å². The van der Waals surface area contributed by atoms with E-state index in [4.69, 9.17) is 19.2 Å². The SMILES string of the molecule is CO[C@@]1(C2C=CC(c3cc4c(N5CCN(C(=O)OC6COC6)CC5)ccnn4c3)=NC2)CCCNC1. The van der Waals surface area contributed by atoms with Crippen LogP contribution in [-0.4, -0.2) is 104 Å². The van der Waals surface area contributed by atoms with E-state index in [-0.39, 0.29) is 23.7 Å². The van der Waals surface area contributed by atoms with Crippen LogP contribution < -0.4 is 10.2 Å². The lowest BCUT2D eigenvalue weighted by Crippen LogP contribution is -2.53. The Kier molecular flexibility index (Phi) is 6.41. The number of fused-ring (bicyclic) bond motifs is 1. The topological polar surface area (TPSA) is 92.9 Å². The van der Waals surface area contributed by atoms with Gasteiger partial charge in [0, 0.05) is 70.3 Å².